The molecule has 3 aromatic carbocycles. The van der Waals surface area contributed by atoms with E-state index in [1.165, 1.54) is 0 Å². The van der Waals surface area contributed by atoms with E-state index < -0.39 is 0 Å². The van der Waals surface area contributed by atoms with E-state index in [1.807, 2.05) is 55.5 Å². The maximum Gasteiger partial charge on any atom is 0.271 e. The lowest BCUT2D eigenvalue weighted by atomic mass is 10.1. The van der Waals surface area contributed by atoms with E-state index in [0.717, 1.165) is 11.1 Å². The third kappa shape index (κ3) is 5.38. The Hall–Kier alpha value is -3.73. The van der Waals surface area contributed by atoms with Gasteiger partial charge in [-0.2, -0.15) is 5.10 Å². The number of aryl methyl sites for hydroxylation is 1. The summed E-state index contributed by atoms with van der Waals surface area (Å²) in [6, 6.07) is 23.9. The van der Waals surface area contributed by atoms with Gasteiger partial charge >= 0.3 is 0 Å². The van der Waals surface area contributed by atoms with Crippen LogP contribution in [0.3, 0.4) is 0 Å². The fourth-order valence-electron chi connectivity index (χ4n) is 2.63. The molecule has 0 fully saturated rings. The molecule has 5 nitrogen and oxygen atoms in total. The zero-order valence-electron chi connectivity index (χ0n) is 15.6. The maximum atomic E-state index is 12.3. The van der Waals surface area contributed by atoms with Gasteiger partial charge in [0.2, 0.25) is 0 Å². The van der Waals surface area contributed by atoms with Crippen LogP contribution in [-0.4, -0.2) is 18.0 Å². The molecular weight excluding hydrogens is 350 g/mol. The van der Waals surface area contributed by atoms with Crippen LogP contribution in [0.1, 0.15) is 31.8 Å². The summed E-state index contributed by atoms with van der Waals surface area (Å²) in [7, 11) is 0. The second kappa shape index (κ2) is 9.28. The van der Waals surface area contributed by atoms with Gasteiger partial charge < -0.3 is 5.32 Å². The Morgan fingerprint density at radius 1 is 0.857 bits per heavy atom. The molecule has 0 atom stereocenters. The van der Waals surface area contributed by atoms with Gasteiger partial charge in [0.25, 0.3) is 11.8 Å². The molecule has 140 valence electrons. The number of rotatable bonds is 6. The topological polar surface area (TPSA) is 70.6 Å². The van der Waals surface area contributed by atoms with E-state index >= 15 is 0 Å². The largest absolute Gasteiger partial charge is 0.322 e. The molecule has 2 amide bonds. The molecule has 0 aliphatic carbocycles. The van der Waals surface area contributed by atoms with E-state index in [1.54, 1.807) is 36.5 Å². The first-order valence-corrected chi connectivity index (χ1v) is 8.96. The van der Waals surface area contributed by atoms with Gasteiger partial charge in [-0.1, -0.05) is 48.0 Å². The molecule has 28 heavy (non-hydrogen) atoms. The minimum absolute atomic E-state index is 0.189. The van der Waals surface area contributed by atoms with E-state index in [-0.39, 0.29) is 11.8 Å². The summed E-state index contributed by atoms with van der Waals surface area (Å²) in [5.74, 6) is -0.493. The Labute approximate surface area is 164 Å². The number of carbonyl (C=O) groups is 2. The zero-order chi connectivity index (χ0) is 19.8. The highest BCUT2D eigenvalue weighted by atomic mass is 16.2. The number of nitrogens with one attached hydrogen (secondary N) is 2. The molecule has 0 heterocycles. The van der Waals surface area contributed by atoms with Gasteiger partial charge in [0.1, 0.15) is 0 Å². The average molecular weight is 371 g/mol. The van der Waals surface area contributed by atoms with Crippen LogP contribution in [0.5, 0.6) is 0 Å². The summed E-state index contributed by atoms with van der Waals surface area (Å²) in [6.45, 7) is 1.94. The molecule has 3 rings (SSSR count). The maximum absolute atomic E-state index is 12.3. The molecule has 0 bridgehead atoms. The molecule has 0 saturated carbocycles. The first kappa shape index (κ1) is 19.0. The summed E-state index contributed by atoms with van der Waals surface area (Å²) in [5.41, 5.74) is 6.32. The average Bonchev–Trinajstić information content (AvgIpc) is 2.72. The van der Waals surface area contributed by atoms with E-state index in [2.05, 4.69) is 15.8 Å². The molecule has 0 aliphatic heterocycles. The van der Waals surface area contributed by atoms with Crippen molar-refractivity contribution >= 4 is 23.7 Å². The summed E-state index contributed by atoms with van der Waals surface area (Å²) >= 11 is 0. The zero-order valence-corrected chi connectivity index (χ0v) is 15.6. The van der Waals surface area contributed by atoms with Crippen LogP contribution < -0.4 is 10.7 Å². The molecule has 0 unspecified atom stereocenters. The fourth-order valence-corrected chi connectivity index (χ4v) is 2.63. The molecule has 2 N–H and O–H groups in total. The monoisotopic (exact) mass is 371 g/mol. The van der Waals surface area contributed by atoms with Gasteiger partial charge in [0.15, 0.2) is 0 Å². The molecule has 0 radical (unpaired) electrons. The Morgan fingerprint density at radius 2 is 1.61 bits per heavy atom. The van der Waals surface area contributed by atoms with Crippen LogP contribution >= 0.6 is 0 Å². The third-order valence-electron chi connectivity index (χ3n) is 4.11. The van der Waals surface area contributed by atoms with Crippen LogP contribution in [0, 0.1) is 6.92 Å². The van der Waals surface area contributed by atoms with E-state index in [0.29, 0.717) is 23.2 Å². The van der Waals surface area contributed by atoms with Crippen molar-refractivity contribution in [2.45, 2.75) is 13.3 Å². The number of hydrogen-bond donors (Lipinski definition) is 2. The van der Waals surface area contributed by atoms with Crippen molar-refractivity contribution in [3.05, 3.63) is 101 Å². The Kier molecular flexibility index (Phi) is 6.31. The standard InChI is InChI=1S/C23H21N3O2/c1-17-6-5-9-20(16-17)22(27)25-21-12-10-19(11-13-21)23(28)26-24-15-14-18-7-3-2-4-8-18/h2-13,15-16H,14H2,1H3,(H,25,27)(H,26,28). The third-order valence-corrected chi connectivity index (χ3v) is 4.11. The minimum atomic E-state index is -0.305. The Balaban J connectivity index is 1.53. The minimum Gasteiger partial charge on any atom is -0.322 e. The SMILES string of the molecule is Cc1cccc(C(=O)Nc2ccc(C(=O)NN=CCc3ccccc3)cc2)c1. The second-order valence-corrected chi connectivity index (χ2v) is 6.34. The first-order chi connectivity index (χ1) is 13.6. The number of amides is 2. The molecule has 0 aromatic heterocycles. The van der Waals surface area contributed by atoms with Crippen LogP contribution in [0.4, 0.5) is 5.69 Å². The van der Waals surface area contributed by atoms with Gasteiger partial charge in [-0.05, 0) is 48.9 Å². The van der Waals surface area contributed by atoms with E-state index in [4.69, 9.17) is 0 Å². The van der Waals surface area contributed by atoms with Crippen molar-refractivity contribution < 1.29 is 9.59 Å². The van der Waals surface area contributed by atoms with Gasteiger partial charge in [-0.25, -0.2) is 5.43 Å². The predicted octanol–water partition coefficient (Wildman–Crippen LogP) is 4.21. The van der Waals surface area contributed by atoms with Gasteiger partial charge in [-0.15, -0.1) is 0 Å². The highest BCUT2D eigenvalue weighted by molar-refractivity contribution is 6.04. The summed E-state index contributed by atoms with van der Waals surface area (Å²) in [6.07, 6.45) is 2.30. The molecule has 5 heteroatoms. The van der Waals surface area contributed by atoms with Gasteiger partial charge in [0.05, 0.1) is 0 Å². The second-order valence-electron chi connectivity index (χ2n) is 6.34. The van der Waals surface area contributed by atoms with Crippen molar-refractivity contribution in [3.8, 4) is 0 Å². The smallest absolute Gasteiger partial charge is 0.271 e. The fraction of sp³-hybridized carbons (Fsp3) is 0.0870. The van der Waals surface area contributed by atoms with Crippen molar-refractivity contribution in [2.24, 2.45) is 5.10 Å². The van der Waals surface area contributed by atoms with Crippen molar-refractivity contribution in [1.29, 1.82) is 0 Å². The Bertz CT molecular complexity index is 980. The van der Waals surface area contributed by atoms with E-state index in [9.17, 15) is 9.59 Å². The molecule has 0 spiro atoms. The lowest BCUT2D eigenvalue weighted by Gasteiger charge is -2.07. The number of hydrogen-bond acceptors (Lipinski definition) is 3. The number of hydrazone groups is 1. The molecule has 0 saturated heterocycles. The predicted molar refractivity (Wildman–Crippen MR) is 112 cm³/mol. The summed E-state index contributed by atoms with van der Waals surface area (Å²) in [5, 5.41) is 6.79. The van der Waals surface area contributed by atoms with Crippen LogP contribution in [0.25, 0.3) is 0 Å². The van der Waals surface area contributed by atoms with Crippen molar-refractivity contribution in [2.75, 3.05) is 5.32 Å². The van der Waals surface area contributed by atoms with Crippen LogP contribution in [0.15, 0.2) is 84.0 Å². The highest BCUT2D eigenvalue weighted by Crippen LogP contribution is 2.12. The lowest BCUT2D eigenvalue weighted by molar-refractivity contribution is 0.0954. The number of nitrogens with zero attached hydrogens (tertiary/aromatic N) is 1. The quantitative estimate of drug-likeness (QED) is 0.503. The highest BCUT2D eigenvalue weighted by Gasteiger charge is 2.08. The lowest BCUT2D eigenvalue weighted by Crippen LogP contribution is -2.18. The number of anilines is 1. The van der Waals surface area contributed by atoms with Crippen LogP contribution in [0.2, 0.25) is 0 Å². The van der Waals surface area contributed by atoms with Crippen molar-refractivity contribution in [1.82, 2.24) is 5.43 Å². The summed E-state index contributed by atoms with van der Waals surface area (Å²) in [4.78, 5) is 24.4. The van der Waals surface area contributed by atoms with Crippen LogP contribution in [-0.2, 0) is 6.42 Å². The summed E-state index contributed by atoms with van der Waals surface area (Å²) < 4.78 is 0. The van der Waals surface area contributed by atoms with Gasteiger partial charge in [-0.3, -0.25) is 9.59 Å². The number of carbonyl (C=O) groups excluding carboxylic acids is 2. The normalized spacial score (nSPS) is 10.6. The first-order valence-electron chi connectivity index (χ1n) is 8.96. The van der Waals surface area contributed by atoms with Crippen molar-refractivity contribution in [3.63, 3.8) is 0 Å². The molecule has 3 aromatic rings. The Morgan fingerprint density at radius 3 is 2.32 bits per heavy atom. The number of benzene rings is 3. The molecule has 0 aliphatic rings. The molecular formula is C23H21N3O2. The van der Waals surface area contributed by atoms with Gasteiger partial charge in [0, 0.05) is 29.4 Å².